The van der Waals surface area contributed by atoms with Gasteiger partial charge in [-0.25, -0.2) is 0 Å². The molecule has 230 valence electrons. The van der Waals surface area contributed by atoms with Gasteiger partial charge in [-0.3, -0.25) is 0 Å². The summed E-state index contributed by atoms with van der Waals surface area (Å²) in [7, 11) is 6.04. The molecule has 0 saturated carbocycles. The summed E-state index contributed by atoms with van der Waals surface area (Å²) in [6.07, 6.45) is 11.8. The van der Waals surface area contributed by atoms with Crippen LogP contribution in [0.2, 0.25) is 0 Å². The van der Waals surface area contributed by atoms with E-state index in [9.17, 15) is 0 Å². The topological polar surface area (TPSA) is 34.2 Å². The number of hydrogen-bond donors (Lipinski definition) is 0. The minimum atomic E-state index is -0.670. The van der Waals surface area contributed by atoms with Crippen LogP contribution < -0.4 is 19.3 Å². The molecule has 2 aromatic carbocycles. The molecule has 0 spiro atoms. The van der Waals surface area contributed by atoms with Crippen LogP contribution in [0.25, 0.3) is 0 Å². The first-order valence-corrected chi connectivity index (χ1v) is 15.9. The summed E-state index contributed by atoms with van der Waals surface area (Å²) in [5.74, 6) is 1.80. The maximum Gasteiger partial charge on any atom is 0.169 e. The van der Waals surface area contributed by atoms with Gasteiger partial charge in [0, 0.05) is 54.1 Å². The van der Waals surface area contributed by atoms with Crippen LogP contribution in [-0.4, -0.2) is 40.1 Å². The molecule has 0 bridgehead atoms. The van der Waals surface area contributed by atoms with Gasteiger partial charge in [-0.2, -0.15) is 0 Å². The van der Waals surface area contributed by atoms with Crippen molar-refractivity contribution in [3.05, 3.63) is 93.7 Å². The Hall–Kier alpha value is -3.15. The molecule has 1 aliphatic carbocycles. The predicted molar refractivity (Wildman–Crippen MR) is 180 cm³/mol. The first kappa shape index (κ1) is 31.3. The van der Waals surface area contributed by atoms with Crippen molar-refractivity contribution in [1.82, 2.24) is 0 Å². The van der Waals surface area contributed by atoms with E-state index in [-0.39, 0.29) is 10.8 Å². The number of benzene rings is 2. The normalized spacial score (nSPS) is 24.3. The van der Waals surface area contributed by atoms with Crippen molar-refractivity contribution in [2.75, 3.05) is 44.2 Å². The molecule has 1 atom stereocenters. The van der Waals surface area contributed by atoms with Gasteiger partial charge >= 0.3 is 0 Å². The highest BCUT2D eigenvalue weighted by Gasteiger charge is 2.55. The molecule has 1 unspecified atom stereocenters. The van der Waals surface area contributed by atoms with Crippen molar-refractivity contribution in [3.63, 3.8) is 0 Å². The molecule has 2 aromatic rings. The molecule has 5 rings (SSSR count). The van der Waals surface area contributed by atoms with E-state index in [1.54, 1.807) is 7.11 Å². The minimum absolute atomic E-state index is 0.150. The third-order valence-electron chi connectivity index (χ3n) is 9.74. The van der Waals surface area contributed by atoms with Crippen LogP contribution in [0.4, 0.5) is 11.4 Å². The fraction of sp³-hybridized carbons (Fsp3) is 0.459. The fourth-order valence-corrected chi connectivity index (χ4v) is 7.62. The molecule has 3 aliphatic rings. The Balaban J connectivity index is 1.46. The quantitative estimate of drug-likeness (QED) is 0.301. The molecule has 6 heteroatoms. The van der Waals surface area contributed by atoms with E-state index >= 15 is 0 Å². The summed E-state index contributed by atoms with van der Waals surface area (Å²) in [6.45, 7) is 14.4. The summed E-state index contributed by atoms with van der Waals surface area (Å²) >= 11 is 7.14. The Labute approximate surface area is 263 Å². The standard InChI is InChI=1S/C37H47ClN2O3/c1-10-42-27-16-18-31-29(23-27)35(3,4)33(39(31)7)20-15-25-13-12-14-26(34(25)38)21-22-37(41-9)36(5,6)30-24-28(43-11-2)17-19-32(30)40(37)8/h15-24H,10-14H2,1-9H3. The van der Waals surface area contributed by atoms with E-state index < -0.39 is 5.72 Å². The Morgan fingerprint density at radius 1 is 0.860 bits per heavy atom. The van der Waals surface area contributed by atoms with E-state index in [1.165, 1.54) is 28.1 Å². The van der Waals surface area contributed by atoms with Gasteiger partial charge in [0.25, 0.3) is 0 Å². The molecular formula is C37H47ClN2O3. The number of nitrogens with zero attached hydrogens (tertiary/aromatic N) is 2. The highest BCUT2D eigenvalue weighted by Crippen LogP contribution is 2.53. The SMILES string of the molecule is CCOc1ccc2c(c1)C(C)(C)C(=CC=C1CCCC(C=CC3(OC)N(C)c4ccc(OCC)cc4C3(C)C)=C1Cl)N2C. The number of allylic oxidation sites excluding steroid dienone is 7. The molecule has 2 heterocycles. The second-order valence-electron chi connectivity index (χ2n) is 12.8. The predicted octanol–water partition coefficient (Wildman–Crippen LogP) is 9.03. The molecule has 5 nitrogen and oxygen atoms in total. The Morgan fingerprint density at radius 2 is 1.49 bits per heavy atom. The van der Waals surface area contributed by atoms with Crippen molar-refractivity contribution in [1.29, 1.82) is 0 Å². The fourth-order valence-electron chi connectivity index (χ4n) is 7.31. The van der Waals surface area contributed by atoms with Crippen LogP contribution in [0.1, 0.15) is 71.9 Å². The number of halogens is 1. The van der Waals surface area contributed by atoms with Gasteiger partial charge in [0.2, 0.25) is 0 Å². The highest BCUT2D eigenvalue weighted by atomic mass is 35.5. The Morgan fingerprint density at radius 3 is 2.12 bits per heavy atom. The average Bonchev–Trinajstić information content (AvgIpc) is 3.27. The van der Waals surface area contributed by atoms with Crippen molar-refractivity contribution >= 4 is 23.0 Å². The van der Waals surface area contributed by atoms with Gasteiger partial charge in [0.05, 0.1) is 13.2 Å². The van der Waals surface area contributed by atoms with E-state index in [0.717, 1.165) is 47.1 Å². The van der Waals surface area contributed by atoms with Crippen LogP contribution in [0.5, 0.6) is 11.5 Å². The number of hydrogen-bond acceptors (Lipinski definition) is 5. The van der Waals surface area contributed by atoms with Crippen molar-refractivity contribution in [2.45, 2.75) is 77.4 Å². The molecule has 0 fully saturated rings. The van der Waals surface area contributed by atoms with Gasteiger partial charge < -0.3 is 24.0 Å². The zero-order valence-corrected chi connectivity index (χ0v) is 28.1. The highest BCUT2D eigenvalue weighted by molar-refractivity contribution is 6.32. The van der Waals surface area contributed by atoms with Gasteiger partial charge in [-0.15, -0.1) is 0 Å². The second kappa shape index (κ2) is 11.7. The lowest BCUT2D eigenvalue weighted by molar-refractivity contribution is -0.0129. The maximum atomic E-state index is 7.14. The second-order valence-corrected chi connectivity index (χ2v) is 13.1. The molecule has 0 N–H and O–H groups in total. The molecule has 0 saturated heterocycles. The number of fused-ring (bicyclic) bond motifs is 2. The third-order valence-corrected chi connectivity index (χ3v) is 10.2. The molecule has 2 aliphatic heterocycles. The lowest BCUT2D eigenvalue weighted by Crippen LogP contribution is -2.54. The number of rotatable bonds is 8. The minimum Gasteiger partial charge on any atom is -0.494 e. The van der Waals surface area contributed by atoms with E-state index in [2.05, 4.69) is 106 Å². The zero-order chi connectivity index (χ0) is 31.2. The van der Waals surface area contributed by atoms with Gasteiger partial charge in [0.1, 0.15) is 11.5 Å². The molecule has 43 heavy (non-hydrogen) atoms. The van der Waals surface area contributed by atoms with Crippen molar-refractivity contribution in [2.24, 2.45) is 0 Å². The average molecular weight is 603 g/mol. The van der Waals surface area contributed by atoms with E-state index in [4.69, 9.17) is 25.8 Å². The summed E-state index contributed by atoms with van der Waals surface area (Å²) < 4.78 is 18.0. The van der Waals surface area contributed by atoms with Gasteiger partial charge in [-0.1, -0.05) is 51.4 Å². The van der Waals surface area contributed by atoms with Crippen molar-refractivity contribution < 1.29 is 14.2 Å². The summed E-state index contributed by atoms with van der Waals surface area (Å²) in [6, 6.07) is 12.7. The van der Waals surface area contributed by atoms with Gasteiger partial charge in [-0.05, 0) is 104 Å². The largest absolute Gasteiger partial charge is 0.494 e. The van der Waals surface area contributed by atoms with Gasteiger partial charge in [0.15, 0.2) is 5.72 Å². The number of anilines is 2. The summed E-state index contributed by atoms with van der Waals surface area (Å²) in [5.41, 5.74) is 7.27. The lowest BCUT2D eigenvalue weighted by Gasteiger charge is -2.43. The van der Waals surface area contributed by atoms with Crippen LogP contribution in [0, 0.1) is 0 Å². The van der Waals surface area contributed by atoms with Crippen LogP contribution in [-0.2, 0) is 15.6 Å². The van der Waals surface area contributed by atoms with Crippen LogP contribution >= 0.6 is 11.6 Å². The monoisotopic (exact) mass is 602 g/mol. The molecule has 0 amide bonds. The molecule has 0 radical (unpaired) electrons. The van der Waals surface area contributed by atoms with E-state index in [1.807, 2.05) is 19.9 Å². The summed E-state index contributed by atoms with van der Waals surface area (Å²) in [4.78, 5) is 4.53. The number of likely N-dealkylation sites (N-methyl/N-ethyl adjacent to an activating group) is 2. The third kappa shape index (κ3) is 5.09. The number of ether oxygens (including phenoxy) is 3. The summed E-state index contributed by atoms with van der Waals surface area (Å²) in [5, 5.41) is 0.842. The Kier molecular flexibility index (Phi) is 8.54. The van der Waals surface area contributed by atoms with Crippen LogP contribution in [0.3, 0.4) is 0 Å². The smallest absolute Gasteiger partial charge is 0.169 e. The first-order chi connectivity index (χ1) is 20.4. The number of methoxy groups -OCH3 is 1. The van der Waals surface area contributed by atoms with E-state index in [0.29, 0.717) is 13.2 Å². The van der Waals surface area contributed by atoms with Crippen molar-refractivity contribution in [3.8, 4) is 11.5 Å². The first-order valence-electron chi connectivity index (χ1n) is 15.5. The zero-order valence-electron chi connectivity index (χ0n) is 27.3. The van der Waals surface area contributed by atoms with Crippen LogP contribution in [0.15, 0.2) is 82.6 Å². The molecular weight excluding hydrogens is 556 g/mol. The lowest BCUT2D eigenvalue weighted by atomic mass is 9.77. The Bertz CT molecular complexity index is 1520. The maximum absolute atomic E-state index is 7.14. The molecule has 0 aromatic heterocycles.